The zero-order valence-electron chi connectivity index (χ0n) is 12.7. The average molecular weight is 397 g/mol. The normalized spacial score (nSPS) is 20.7. The third kappa shape index (κ3) is 4.73. The summed E-state index contributed by atoms with van der Waals surface area (Å²) in [5.41, 5.74) is 0.618. The van der Waals surface area contributed by atoms with Crippen molar-refractivity contribution in [2.75, 3.05) is 53.6 Å². The van der Waals surface area contributed by atoms with Gasteiger partial charge in [0.2, 0.25) is 0 Å². The molecule has 2 aliphatic rings. The van der Waals surface area contributed by atoms with Gasteiger partial charge in [0.1, 0.15) is 0 Å². The van der Waals surface area contributed by atoms with Crippen LogP contribution in [0.25, 0.3) is 0 Å². The van der Waals surface area contributed by atoms with Gasteiger partial charge in [-0.25, -0.2) is 0 Å². The van der Waals surface area contributed by atoms with Crippen LogP contribution in [0.1, 0.15) is 25.7 Å². The molecule has 0 aromatic heterocycles. The van der Waals surface area contributed by atoms with E-state index in [9.17, 15) is 0 Å². The molecule has 5 nitrogen and oxygen atoms in total. The average Bonchev–Trinajstić information content (AvgIpc) is 2.83. The number of rotatable bonds is 6. The molecule has 0 aromatic rings. The van der Waals surface area contributed by atoms with E-state index in [1.54, 1.807) is 7.11 Å². The Morgan fingerprint density at radius 3 is 2.60 bits per heavy atom. The Balaban J connectivity index is 0.00000200. The number of guanidine groups is 1. The van der Waals surface area contributed by atoms with Gasteiger partial charge in [-0.15, -0.1) is 24.0 Å². The van der Waals surface area contributed by atoms with Crippen LogP contribution in [0.15, 0.2) is 4.99 Å². The summed E-state index contributed by atoms with van der Waals surface area (Å²) < 4.78 is 10.4. The number of methoxy groups -OCH3 is 1. The monoisotopic (exact) mass is 397 g/mol. The highest BCUT2D eigenvalue weighted by Gasteiger charge is 2.43. The molecule has 1 aliphatic carbocycles. The van der Waals surface area contributed by atoms with E-state index in [1.165, 1.54) is 32.2 Å². The molecular formula is C14H28IN3O2. The van der Waals surface area contributed by atoms with Gasteiger partial charge in [-0.1, -0.05) is 6.42 Å². The van der Waals surface area contributed by atoms with E-state index in [4.69, 9.17) is 9.47 Å². The Kier molecular flexibility index (Phi) is 8.13. The fourth-order valence-electron chi connectivity index (χ4n) is 3.01. The molecule has 0 radical (unpaired) electrons. The van der Waals surface area contributed by atoms with Crippen LogP contribution in [0.5, 0.6) is 0 Å². The molecule has 20 heavy (non-hydrogen) atoms. The highest BCUT2D eigenvalue weighted by Crippen LogP contribution is 2.47. The van der Waals surface area contributed by atoms with Gasteiger partial charge in [0.05, 0.1) is 19.8 Å². The van der Waals surface area contributed by atoms with Gasteiger partial charge in [0.15, 0.2) is 5.96 Å². The summed E-state index contributed by atoms with van der Waals surface area (Å²) in [4.78, 5) is 6.78. The molecule has 0 aromatic carbocycles. The van der Waals surface area contributed by atoms with E-state index in [0.29, 0.717) is 25.2 Å². The number of aliphatic imine (C=N–C) groups is 1. The van der Waals surface area contributed by atoms with Crippen molar-refractivity contribution in [1.82, 2.24) is 10.2 Å². The third-order valence-electron chi connectivity index (χ3n) is 4.33. The molecule has 2 fully saturated rings. The summed E-state index contributed by atoms with van der Waals surface area (Å²) in [7, 11) is 3.55. The van der Waals surface area contributed by atoms with Crippen LogP contribution in [-0.2, 0) is 9.47 Å². The fraction of sp³-hybridized carbons (Fsp3) is 0.929. The predicted molar refractivity (Wildman–Crippen MR) is 91.9 cm³/mol. The minimum absolute atomic E-state index is 0. The summed E-state index contributed by atoms with van der Waals surface area (Å²) in [6, 6.07) is 0. The number of ether oxygens (including phenoxy) is 2. The van der Waals surface area contributed by atoms with Crippen molar-refractivity contribution in [2.45, 2.75) is 25.7 Å². The summed E-state index contributed by atoms with van der Waals surface area (Å²) in [6.45, 7) is 5.13. The summed E-state index contributed by atoms with van der Waals surface area (Å²) in [5.74, 6) is 1.03. The molecule has 6 heteroatoms. The van der Waals surface area contributed by atoms with Gasteiger partial charge in [-0.05, 0) is 24.7 Å². The minimum atomic E-state index is 0. The molecule has 1 N–H and O–H groups in total. The van der Waals surface area contributed by atoms with Gasteiger partial charge in [-0.2, -0.15) is 0 Å². The van der Waals surface area contributed by atoms with Crippen molar-refractivity contribution < 1.29 is 9.47 Å². The maximum absolute atomic E-state index is 5.44. The highest BCUT2D eigenvalue weighted by atomic mass is 127. The second-order valence-corrected chi connectivity index (χ2v) is 5.60. The van der Waals surface area contributed by atoms with E-state index in [-0.39, 0.29) is 24.0 Å². The molecule has 0 amide bonds. The zero-order chi connectivity index (χ0) is 13.6. The molecule has 0 unspecified atom stereocenters. The van der Waals surface area contributed by atoms with E-state index in [0.717, 1.165) is 19.0 Å². The fourth-order valence-corrected chi connectivity index (χ4v) is 3.01. The van der Waals surface area contributed by atoms with Crippen molar-refractivity contribution in [1.29, 1.82) is 0 Å². The largest absolute Gasteiger partial charge is 0.382 e. The van der Waals surface area contributed by atoms with Crippen LogP contribution in [0, 0.1) is 5.41 Å². The molecule has 0 atom stereocenters. The molecule has 1 saturated heterocycles. The summed E-state index contributed by atoms with van der Waals surface area (Å²) in [5, 5.41) is 3.38. The number of likely N-dealkylation sites (tertiary alicyclic amines) is 1. The number of hydrogen-bond donors (Lipinski definition) is 1. The molecule has 118 valence electrons. The lowest BCUT2D eigenvalue weighted by molar-refractivity contribution is 0.0731. The Morgan fingerprint density at radius 1 is 1.25 bits per heavy atom. The SMILES string of the molecule is CN=C(NCCOCCOC)N1CCC2(CCC2)C1.I. The molecule has 1 heterocycles. The number of nitrogens with zero attached hydrogens (tertiary/aromatic N) is 2. The topological polar surface area (TPSA) is 46.1 Å². The van der Waals surface area contributed by atoms with Crippen LogP contribution in [0.2, 0.25) is 0 Å². The van der Waals surface area contributed by atoms with Crippen molar-refractivity contribution in [3.63, 3.8) is 0 Å². The van der Waals surface area contributed by atoms with Crippen molar-refractivity contribution >= 4 is 29.9 Å². The molecular weight excluding hydrogens is 369 g/mol. The standard InChI is InChI=1S/C14H27N3O2.HI/c1-15-13(16-7-9-19-11-10-18-2)17-8-6-14(12-17)4-3-5-14;/h3-12H2,1-2H3,(H,15,16);1H. The lowest BCUT2D eigenvalue weighted by Gasteiger charge is -2.38. The molecule has 1 saturated carbocycles. The van der Waals surface area contributed by atoms with Gasteiger partial charge >= 0.3 is 0 Å². The molecule has 1 spiro atoms. The number of halogens is 1. The van der Waals surface area contributed by atoms with Gasteiger partial charge < -0.3 is 19.7 Å². The van der Waals surface area contributed by atoms with E-state index >= 15 is 0 Å². The predicted octanol–water partition coefficient (Wildman–Crippen LogP) is 1.72. The van der Waals surface area contributed by atoms with E-state index in [2.05, 4.69) is 15.2 Å². The second-order valence-electron chi connectivity index (χ2n) is 5.60. The van der Waals surface area contributed by atoms with Crippen LogP contribution >= 0.6 is 24.0 Å². The second kappa shape index (κ2) is 9.04. The van der Waals surface area contributed by atoms with E-state index < -0.39 is 0 Å². The lowest BCUT2D eigenvalue weighted by atomic mass is 9.68. The smallest absolute Gasteiger partial charge is 0.193 e. The Morgan fingerprint density at radius 2 is 2.05 bits per heavy atom. The first-order valence-corrected chi connectivity index (χ1v) is 7.32. The first-order chi connectivity index (χ1) is 9.29. The van der Waals surface area contributed by atoms with Gasteiger partial charge in [-0.3, -0.25) is 4.99 Å². The Labute approximate surface area is 139 Å². The Hall–Kier alpha value is -0.0800. The Bertz CT molecular complexity index is 309. The number of hydrogen-bond acceptors (Lipinski definition) is 3. The third-order valence-corrected chi connectivity index (χ3v) is 4.33. The van der Waals surface area contributed by atoms with Gasteiger partial charge in [0, 0.05) is 33.8 Å². The quantitative estimate of drug-likeness (QED) is 0.321. The van der Waals surface area contributed by atoms with Crippen LogP contribution < -0.4 is 5.32 Å². The van der Waals surface area contributed by atoms with Crippen LogP contribution in [-0.4, -0.2) is 64.5 Å². The van der Waals surface area contributed by atoms with Crippen molar-refractivity contribution in [3.05, 3.63) is 0 Å². The maximum atomic E-state index is 5.44. The van der Waals surface area contributed by atoms with Crippen LogP contribution in [0.4, 0.5) is 0 Å². The molecule has 0 bridgehead atoms. The van der Waals surface area contributed by atoms with Crippen molar-refractivity contribution in [2.24, 2.45) is 10.4 Å². The van der Waals surface area contributed by atoms with Gasteiger partial charge in [0.25, 0.3) is 0 Å². The summed E-state index contributed by atoms with van der Waals surface area (Å²) in [6.07, 6.45) is 5.55. The zero-order valence-corrected chi connectivity index (χ0v) is 15.0. The van der Waals surface area contributed by atoms with Crippen LogP contribution in [0.3, 0.4) is 0 Å². The molecule has 1 aliphatic heterocycles. The first-order valence-electron chi connectivity index (χ1n) is 7.32. The van der Waals surface area contributed by atoms with E-state index in [1.807, 2.05) is 7.05 Å². The maximum Gasteiger partial charge on any atom is 0.193 e. The first kappa shape index (κ1) is 18.0. The lowest BCUT2D eigenvalue weighted by Crippen LogP contribution is -2.43. The highest BCUT2D eigenvalue weighted by molar-refractivity contribution is 14.0. The summed E-state index contributed by atoms with van der Waals surface area (Å²) >= 11 is 0. The van der Waals surface area contributed by atoms with Crippen molar-refractivity contribution in [3.8, 4) is 0 Å². The molecule has 2 rings (SSSR count). The minimum Gasteiger partial charge on any atom is -0.382 e. The number of nitrogens with one attached hydrogen (secondary N) is 1.